The first-order valence-electron chi connectivity index (χ1n) is 9.81. The summed E-state index contributed by atoms with van der Waals surface area (Å²) in [5.41, 5.74) is -0.659. The van der Waals surface area contributed by atoms with Crippen molar-refractivity contribution in [3.63, 3.8) is 0 Å². The van der Waals surface area contributed by atoms with Crippen molar-refractivity contribution in [1.82, 2.24) is 15.5 Å². The Balaban J connectivity index is 2.00. The van der Waals surface area contributed by atoms with Crippen LogP contribution in [0, 0.1) is 0 Å². The fourth-order valence-corrected chi connectivity index (χ4v) is 3.77. The van der Waals surface area contributed by atoms with Crippen molar-refractivity contribution in [1.29, 1.82) is 0 Å². The number of nitrogens with zero attached hydrogens (tertiary/aromatic N) is 1. The number of rotatable bonds is 8. The number of urea groups is 1. The summed E-state index contributed by atoms with van der Waals surface area (Å²) in [5, 5.41) is 26.8. The maximum Gasteiger partial charge on any atom is 0.318 e. The van der Waals surface area contributed by atoms with Crippen molar-refractivity contribution in [2.75, 3.05) is 32.9 Å². The van der Waals surface area contributed by atoms with Gasteiger partial charge in [0.2, 0.25) is 0 Å². The molecule has 0 aromatic carbocycles. The Kier molecular flexibility index (Phi) is 8.42. The van der Waals surface area contributed by atoms with Crippen molar-refractivity contribution in [2.45, 2.75) is 76.1 Å². The van der Waals surface area contributed by atoms with Gasteiger partial charge in [-0.25, -0.2) is 4.79 Å². The molecule has 1 aliphatic heterocycles. The molecule has 146 valence electrons. The first-order valence-corrected chi connectivity index (χ1v) is 9.81. The van der Waals surface area contributed by atoms with Crippen molar-refractivity contribution in [2.24, 2.45) is 0 Å². The number of aliphatic hydroxyl groups is 2. The normalized spacial score (nSPS) is 23.1. The van der Waals surface area contributed by atoms with Gasteiger partial charge in [0, 0.05) is 19.1 Å². The van der Waals surface area contributed by atoms with E-state index in [0.29, 0.717) is 26.3 Å². The summed E-state index contributed by atoms with van der Waals surface area (Å²) in [6.07, 6.45) is 6.62. The van der Waals surface area contributed by atoms with Crippen LogP contribution in [0.1, 0.15) is 58.3 Å². The zero-order valence-electron chi connectivity index (χ0n) is 15.5. The monoisotopic (exact) mass is 357 g/mol. The zero-order valence-corrected chi connectivity index (χ0v) is 15.5. The predicted molar refractivity (Wildman–Crippen MR) is 96.3 cm³/mol. The summed E-state index contributed by atoms with van der Waals surface area (Å²) in [6.45, 7) is 4.39. The topological polar surface area (TPSA) is 94.1 Å². The first-order chi connectivity index (χ1) is 12.1. The Bertz CT molecular complexity index is 396. The van der Waals surface area contributed by atoms with Gasteiger partial charge in [-0.2, -0.15) is 0 Å². The standard InChI is InChI=1S/C18H35N3O4/c1-2-3-7-15(14-22)19-16(23)18(8-5-4-6-9-18)20-17(24)21-10-12-25-13-11-21/h15-16,19,22-23H,2-14H2,1H3,(H,20,24)/t15-,16?/m0/s1. The van der Waals surface area contributed by atoms with Crippen LogP contribution in [0.4, 0.5) is 4.79 Å². The number of hydrogen-bond acceptors (Lipinski definition) is 5. The summed E-state index contributed by atoms with van der Waals surface area (Å²) >= 11 is 0. The van der Waals surface area contributed by atoms with E-state index in [1.807, 2.05) is 0 Å². The average Bonchev–Trinajstić information content (AvgIpc) is 2.66. The van der Waals surface area contributed by atoms with Crippen LogP contribution < -0.4 is 10.6 Å². The van der Waals surface area contributed by atoms with Gasteiger partial charge in [-0.3, -0.25) is 5.32 Å². The van der Waals surface area contributed by atoms with Gasteiger partial charge < -0.3 is 25.2 Å². The summed E-state index contributed by atoms with van der Waals surface area (Å²) < 4.78 is 5.31. The lowest BCUT2D eigenvalue weighted by Gasteiger charge is -2.44. The van der Waals surface area contributed by atoms with Crippen LogP contribution in [0.15, 0.2) is 0 Å². The third-order valence-corrected chi connectivity index (χ3v) is 5.44. The van der Waals surface area contributed by atoms with Crippen LogP contribution in [0.2, 0.25) is 0 Å². The van der Waals surface area contributed by atoms with E-state index in [2.05, 4.69) is 17.6 Å². The molecule has 2 rings (SSSR count). The van der Waals surface area contributed by atoms with Gasteiger partial charge in [-0.15, -0.1) is 0 Å². The summed E-state index contributed by atoms with van der Waals surface area (Å²) in [5.74, 6) is 0. The second-order valence-electron chi connectivity index (χ2n) is 7.34. The van der Waals surface area contributed by atoms with Gasteiger partial charge in [0.25, 0.3) is 0 Å². The molecule has 2 amide bonds. The minimum Gasteiger partial charge on any atom is -0.395 e. The predicted octanol–water partition coefficient (Wildman–Crippen LogP) is 1.19. The van der Waals surface area contributed by atoms with Crippen LogP contribution in [-0.2, 0) is 4.74 Å². The second kappa shape index (κ2) is 10.3. The number of morpholine rings is 1. The molecule has 1 heterocycles. The van der Waals surface area contributed by atoms with Crippen LogP contribution in [0.25, 0.3) is 0 Å². The van der Waals surface area contributed by atoms with Crippen molar-refractivity contribution >= 4 is 6.03 Å². The fraction of sp³-hybridized carbons (Fsp3) is 0.944. The maximum absolute atomic E-state index is 12.7. The molecule has 0 aromatic rings. The highest BCUT2D eigenvalue weighted by molar-refractivity contribution is 5.75. The van der Waals surface area contributed by atoms with Gasteiger partial charge >= 0.3 is 6.03 Å². The Morgan fingerprint density at radius 3 is 2.52 bits per heavy atom. The molecule has 7 heteroatoms. The molecule has 4 N–H and O–H groups in total. The Hall–Kier alpha value is -0.890. The third-order valence-electron chi connectivity index (χ3n) is 5.44. The highest BCUT2D eigenvalue weighted by Crippen LogP contribution is 2.31. The maximum atomic E-state index is 12.7. The minimum absolute atomic E-state index is 0.00937. The van der Waals surface area contributed by atoms with Gasteiger partial charge in [0.1, 0.15) is 6.23 Å². The minimum atomic E-state index is -0.855. The Morgan fingerprint density at radius 2 is 1.92 bits per heavy atom. The average molecular weight is 357 g/mol. The van der Waals surface area contributed by atoms with Gasteiger partial charge in [-0.05, 0) is 19.3 Å². The molecule has 25 heavy (non-hydrogen) atoms. The van der Waals surface area contributed by atoms with Gasteiger partial charge in [-0.1, -0.05) is 39.0 Å². The largest absolute Gasteiger partial charge is 0.395 e. The molecule has 2 aliphatic rings. The lowest BCUT2D eigenvalue weighted by atomic mass is 9.80. The smallest absolute Gasteiger partial charge is 0.318 e. The molecule has 0 radical (unpaired) electrons. The summed E-state index contributed by atoms with van der Waals surface area (Å²) in [4.78, 5) is 14.4. The van der Waals surface area contributed by atoms with E-state index in [9.17, 15) is 15.0 Å². The van der Waals surface area contributed by atoms with E-state index >= 15 is 0 Å². The Labute approximate surface area is 151 Å². The quantitative estimate of drug-likeness (QED) is 0.490. The van der Waals surface area contributed by atoms with Crippen LogP contribution in [0.3, 0.4) is 0 Å². The molecule has 1 saturated carbocycles. The molecule has 7 nitrogen and oxygen atoms in total. The van der Waals surface area contributed by atoms with Gasteiger partial charge in [0.05, 0.1) is 25.4 Å². The lowest BCUT2D eigenvalue weighted by Crippen LogP contribution is -2.66. The molecule has 2 atom stereocenters. The van der Waals surface area contributed by atoms with Crippen LogP contribution in [0.5, 0.6) is 0 Å². The number of carbonyl (C=O) groups excluding carboxylic acids is 1. The molecular formula is C18H35N3O4. The number of carbonyl (C=O) groups is 1. The number of amides is 2. The van der Waals surface area contributed by atoms with E-state index < -0.39 is 11.8 Å². The molecule has 0 spiro atoms. The number of hydrogen-bond donors (Lipinski definition) is 4. The zero-order chi connectivity index (χ0) is 18.1. The highest BCUT2D eigenvalue weighted by Gasteiger charge is 2.42. The first kappa shape index (κ1) is 20.4. The van der Waals surface area contributed by atoms with Crippen LogP contribution >= 0.6 is 0 Å². The molecule has 0 aromatic heterocycles. The number of unbranched alkanes of at least 4 members (excludes halogenated alkanes) is 1. The van der Waals surface area contributed by atoms with E-state index in [-0.39, 0.29) is 18.7 Å². The Morgan fingerprint density at radius 1 is 1.24 bits per heavy atom. The third kappa shape index (κ3) is 5.81. The molecule has 2 fully saturated rings. The molecule has 1 aliphatic carbocycles. The van der Waals surface area contributed by atoms with E-state index in [1.54, 1.807) is 4.90 Å². The molecule has 1 saturated heterocycles. The lowest BCUT2D eigenvalue weighted by molar-refractivity contribution is -0.00594. The van der Waals surface area contributed by atoms with Crippen molar-refractivity contribution < 1.29 is 19.7 Å². The van der Waals surface area contributed by atoms with Crippen molar-refractivity contribution in [3.05, 3.63) is 0 Å². The number of ether oxygens (including phenoxy) is 1. The van der Waals surface area contributed by atoms with E-state index in [1.165, 1.54) is 0 Å². The van der Waals surface area contributed by atoms with Crippen molar-refractivity contribution in [3.8, 4) is 0 Å². The molecular weight excluding hydrogens is 322 g/mol. The summed E-state index contributed by atoms with van der Waals surface area (Å²) in [6, 6.07) is -0.269. The summed E-state index contributed by atoms with van der Waals surface area (Å²) in [7, 11) is 0. The van der Waals surface area contributed by atoms with Gasteiger partial charge in [0.15, 0.2) is 0 Å². The number of nitrogens with one attached hydrogen (secondary N) is 2. The fourth-order valence-electron chi connectivity index (χ4n) is 3.77. The highest BCUT2D eigenvalue weighted by atomic mass is 16.5. The van der Waals surface area contributed by atoms with E-state index in [0.717, 1.165) is 51.4 Å². The second-order valence-corrected chi connectivity index (χ2v) is 7.34. The SMILES string of the molecule is CCCC[C@@H](CO)NC(O)C1(NC(=O)N2CCOCC2)CCCCC1. The van der Waals surface area contributed by atoms with Crippen LogP contribution in [-0.4, -0.2) is 71.9 Å². The molecule has 0 bridgehead atoms. The number of aliphatic hydroxyl groups excluding tert-OH is 2. The van der Waals surface area contributed by atoms with E-state index in [4.69, 9.17) is 4.74 Å². The molecule has 1 unspecified atom stereocenters.